The van der Waals surface area contributed by atoms with Crippen molar-refractivity contribution in [1.29, 1.82) is 0 Å². The fourth-order valence-electron chi connectivity index (χ4n) is 4.70. The number of halogens is 1. The number of carbonyl (C=O) groups is 2. The lowest BCUT2D eigenvalue weighted by Gasteiger charge is -2.29. The predicted molar refractivity (Wildman–Crippen MR) is 136 cm³/mol. The molecule has 0 unspecified atom stereocenters. The molecular weight excluding hydrogens is 479 g/mol. The van der Waals surface area contributed by atoms with Crippen molar-refractivity contribution in [2.45, 2.75) is 25.8 Å². The summed E-state index contributed by atoms with van der Waals surface area (Å²) in [5, 5.41) is 11.2. The van der Waals surface area contributed by atoms with Crippen LogP contribution in [0.3, 0.4) is 0 Å². The van der Waals surface area contributed by atoms with E-state index in [1.54, 1.807) is 18.2 Å². The number of aliphatic hydroxyl groups is 1. The Bertz CT molecular complexity index is 1140. The molecule has 0 bridgehead atoms. The molecule has 37 heavy (non-hydrogen) atoms. The first kappa shape index (κ1) is 26.6. The number of carbonyl (C=O) groups excluding carboxylic acids is 2. The molecule has 1 N–H and O–H groups in total. The maximum atomic E-state index is 13.5. The van der Waals surface area contributed by atoms with Crippen LogP contribution in [0.5, 0.6) is 11.5 Å². The number of likely N-dealkylation sites (tertiary alicyclic amines) is 1. The van der Waals surface area contributed by atoms with Gasteiger partial charge in [0, 0.05) is 31.7 Å². The van der Waals surface area contributed by atoms with E-state index in [1.165, 1.54) is 36.3 Å². The second-order valence-electron chi connectivity index (χ2n) is 9.07. The predicted octanol–water partition coefficient (Wildman–Crippen LogP) is 3.77. The Morgan fingerprint density at radius 2 is 1.81 bits per heavy atom. The molecule has 2 aliphatic heterocycles. The van der Waals surface area contributed by atoms with Gasteiger partial charge in [-0.3, -0.25) is 14.5 Å². The van der Waals surface area contributed by atoms with Crippen LogP contribution < -0.4 is 9.47 Å². The molecule has 0 radical (unpaired) electrons. The third kappa shape index (κ3) is 5.94. The molecule has 2 fully saturated rings. The molecule has 198 valence electrons. The minimum atomic E-state index is -0.830. The molecular formula is C28H33FN2O6. The largest absolute Gasteiger partial charge is 0.507 e. The first-order valence-corrected chi connectivity index (χ1v) is 12.6. The van der Waals surface area contributed by atoms with Crippen molar-refractivity contribution in [1.82, 2.24) is 9.80 Å². The summed E-state index contributed by atoms with van der Waals surface area (Å²) in [7, 11) is 1.52. The molecule has 2 aliphatic rings. The lowest BCUT2D eigenvalue weighted by atomic mass is 9.95. The molecule has 0 saturated carbocycles. The number of hydrogen-bond acceptors (Lipinski definition) is 7. The van der Waals surface area contributed by atoms with Gasteiger partial charge in [0.25, 0.3) is 11.7 Å². The average molecular weight is 513 g/mol. The molecule has 1 amide bonds. The van der Waals surface area contributed by atoms with Gasteiger partial charge in [-0.2, -0.15) is 0 Å². The monoisotopic (exact) mass is 512 g/mol. The third-order valence-corrected chi connectivity index (χ3v) is 6.60. The highest BCUT2D eigenvalue weighted by molar-refractivity contribution is 6.46. The lowest BCUT2D eigenvalue weighted by molar-refractivity contribution is -0.140. The van der Waals surface area contributed by atoms with E-state index in [2.05, 4.69) is 4.90 Å². The van der Waals surface area contributed by atoms with Crippen LogP contribution in [0.4, 0.5) is 4.39 Å². The summed E-state index contributed by atoms with van der Waals surface area (Å²) in [6.07, 6.45) is 1.47. The summed E-state index contributed by atoms with van der Waals surface area (Å²) < 4.78 is 30.2. The van der Waals surface area contributed by atoms with Gasteiger partial charge in [-0.15, -0.1) is 0 Å². The van der Waals surface area contributed by atoms with Gasteiger partial charge in [0.2, 0.25) is 0 Å². The second kappa shape index (κ2) is 12.2. The molecule has 0 aromatic heterocycles. The zero-order chi connectivity index (χ0) is 26.4. The van der Waals surface area contributed by atoms with Crippen LogP contribution >= 0.6 is 0 Å². The van der Waals surface area contributed by atoms with Crippen LogP contribution in [0.15, 0.2) is 48.0 Å². The number of nitrogens with zero attached hydrogens (tertiary/aromatic N) is 2. The minimum absolute atomic E-state index is 0.0349. The molecule has 2 aromatic rings. The smallest absolute Gasteiger partial charge is 0.295 e. The molecule has 2 saturated heterocycles. The van der Waals surface area contributed by atoms with E-state index in [-0.39, 0.29) is 16.9 Å². The van der Waals surface area contributed by atoms with Gasteiger partial charge in [-0.25, -0.2) is 4.39 Å². The van der Waals surface area contributed by atoms with E-state index in [9.17, 15) is 19.1 Å². The normalized spacial score (nSPS) is 19.9. The van der Waals surface area contributed by atoms with Gasteiger partial charge in [0.1, 0.15) is 11.6 Å². The van der Waals surface area contributed by atoms with Crippen LogP contribution in [0, 0.1) is 5.82 Å². The zero-order valence-corrected chi connectivity index (χ0v) is 21.2. The van der Waals surface area contributed by atoms with E-state index in [1.807, 2.05) is 6.92 Å². The maximum Gasteiger partial charge on any atom is 0.295 e. The second-order valence-corrected chi connectivity index (χ2v) is 9.07. The van der Waals surface area contributed by atoms with Crippen LogP contribution in [-0.4, -0.2) is 79.7 Å². The van der Waals surface area contributed by atoms with Crippen molar-refractivity contribution in [3.63, 3.8) is 0 Å². The number of hydrogen-bond donors (Lipinski definition) is 1. The van der Waals surface area contributed by atoms with Crippen molar-refractivity contribution >= 4 is 17.4 Å². The number of morpholine rings is 1. The summed E-state index contributed by atoms with van der Waals surface area (Å²) in [5.74, 6) is -1.25. The van der Waals surface area contributed by atoms with Gasteiger partial charge < -0.3 is 24.2 Å². The van der Waals surface area contributed by atoms with Crippen LogP contribution in [-0.2, 0) is 14.3 Å². The number of methoxy groups -OCH3 is 1. The van der Waals surface area contributed by atoms with E-state index >= 15 is 0 Å². The number of aliphatic hydroxyl groups excluding tert-OH is 1. The zero-order valence-electron chi connectivity index (χ0n) is 21.2. The van der Waals surface area contributed by atoms with Gasteiger partial charge in [0.15, 0.2) is 11.5 Å². The SMILES string of the molecule is CCCOc1ccc([C@H]2C(=C(O)c3ccc(F)cc3)C(=O)C(=O)N2CCCN2CCOCC2)cc1OC. The molecule has 8 nitrogen and oxygen atoms in total. The third-order valence-electron chi connectivity index (χ3n) is 6.60. The standard InChI is InChI=1S/C28H33FN2O6/c1-3-15-37-22-10-7-20(18-23(22)35-2)25-24(26(32)19-5-8-21(29)9-6-19)27(33)28(34)31(25)12-4-11-30-13-16-36-17-14-30/h5-10,18,25,32H,3-4,11-17H2,1-2H3/t25-/m0/s1. The van der Waals surface area contributed by atoms with Crippen molar-refractivity contribution in [2.24, 2.45) is 0 Å². The number of rotatable bonds is 10. The van der Waals surface area contributed by atoms with Crippen molar-refractivity contribution in [3.8, 4) is 11.5 Å². The fourth-order valence-corrected chi connectivity index (χ4v) is 4.70. The Morgan fingerprint density at radius 1 is 1.08 bits per heavy atom. The summed E-state index contributed by atoms with van der Waals surface area (Å²) in [5.41, 5.74) is 0.828. The number of amides is 1. The van der Waals surface area contributed by atoms with E-state index in [0.29, 0.717) is 49.8 Å². The molecule has 0 aliphatic carbocycles. The van der Waals surface area contributed by atoms with Crippen LogP contribution in [0.25, 0.3) is 5.76 Å². The number of Topliss-reactive ketones (excluding diaryl/α,β-unsaturated/α-hetero) is 1. The number of ketones is 1. The highest BCUT2D eigenvalue weighted by Crippen LogP contribution is 2.42. The average Bonchev–Trinajstić information content (AvgIpc) is 3.17. The fraction of sp³-hybridized carbons (Fsp3) is 0.429. The Balaban J connectivity index is 1.70. The molecule has 2 aromatic carbocycles. The highest BCUT2D eigenvalue weighted by Gasteiger charge is 2.46. The summed E-state index contributed by atoms with van der Waals surface area (Å²) in [4.78, 5) is 30.2. The molecule has 9 heteroatoms. The van der Waals surface area contributed by atoms with Crippen LogP contribution in [0.1, 0.15) is 36.9 Å². The molecule has 0 spiro atoms. The maximum absolute atomic E-state index is 13.5. The summed E-state index contributed by atoms with van der Waals surface area (Å²) in [6.45, 7) is 6.59. The highest BCUT2D eigenvalue weighted by atomic mass is 19.1. The van der Waals surface area contributed by atoms with E-state index < -0.39 is 23.5 Å². The Hall–Kier alpha value is -3.43. The first-order valence-electron chi connectivity index (χ1n) is 12.6. The van der Waals surface area contributed by atoms with E-state index in [0.717, 1.165) is 26.1 Å². The van der Waals surface area contributed by atoms with Crippen molar-refractivity contribution in [2.75, 3.05) is 53.1 Å². The van der Waals surface area contributed by atoms with Gasteiger partial charge in [-0.1, -0.05) is 13.0 Å². The number of ether oxygens (including phenoxy) is 3. The topological polar surface area (TPSA) is 88.5 Å². The Kier molecular flexibility index (Phi) is 8.78. The molecule has 2 heterocycles. The Morgan fingerprint density at radius 3 is 2.49 bits per heavy atom. The van der Waals surface area contributed by atoms with Crippen LogP contribution in [0.2, 0.25) is 0 Å². The van der Waals surface area contributed by atoms with Gasteiger partial charge >= 0.3 is 0 Å². The van der Waals surface area contributed by atoms with E-state index in [4.69, 9.17) is 14.2 Å². The van der Waals surface area contributed by atoms with Gasteiger partial charge in [-0.05, 0) is 54.8 Å². The summed E-state index contributed by atoms with van der Waals surface area (Å²) >= 11 is 0. The first-order chi connectivity index (χ1) is 17.9. The minimum Gasteiger partial charge on any atom is -0.507 e. The molecule has 1 atom stereocenters. The van der Waals surface area contributed by atoms with Crippen molar-refractivity contribution < 1.29 is 33.3 Å². The summed E-state index contributed by atoms with van der Waals surface area (Å²) in [6, 6.07) is 9.59. The Labute approximate surface area is 216 Å². The lowest BCUT2D eigenvalue weighted by Crippen LogP contribution is -2.39. The number of benzene rings is 2. The molecule has 4 rings (SSSR count). The van der Waals surface area contributed by atoms with Gasteiger partial charge in [0.05, 0.1) is 38.5 Å². The quantitative estimate of drug-likeness (QED) is 0.295. The van der Waals surface area contributed by atoms with Crippen molar-refractivity contribution in [3.05, 3.63) is 65.0 Å².